The Balaban J connectivity index is 3.98. The fourth-order valence-electron chi connectivity index (χ4n) is 1.57. The minimum Gasteiger partial charge on any atom is -0.480 e. The number of carboxylic acids is 1. The van der Waals surface area contributed by atoms with Gasteiger partial charge in [0.25, 0.3) is 0 Å². The number of aliphatic carboxylic acids is 1. The summed E-state index contributed by atoms with van der Waals surface area (Å²) in [6.07, 6.45) is 4.38. The lowest BCUT2D eigenvalue weighted by Gasteiger charge is -2.15. The number of thioether (sulfide) groups is 1. The molecule has 1 amide bonds. The highest BCUT2D eigenvalue weighted by atomic mass is 32.2. The first kappa shape index (κ1) is 17.2. The van der Waals surface area contributed by atoms with Gasteiger partial charge in [-0.05, 0) is 43.7 Å². The van der Waals surface area contributed by atoms with Crippen molar-refractivity contribution < 1.29 is 14.7 Å². The molecular weight excluding hydrogens is 252 g/mol. The fourth-order valence-corrected chi connectivity index (χ4v) is 2.04. The van der Waals surface area contributed by atoms with Crippen molar-refractivity contribution in [2.75, 3.05) is 18.6 Å². The zero-order valence-corrected chi connectivity index (χ0v) is 12.0. The number of carboxylic acid groups (broad SMARTS) is 1. The third kappa shape index (κ3) is 8.36. The predicted octanol–water partition coefficient (Wildman–Crippen LogP) is 1.07. The van der Waals surface area contributed by atoms with E-state index in [4.69, 9.17) is 10.8 Å². The van der Waals surface area contributed by atoms with E-state index in [-0.39, 0.29) is 5.91 Å². The number of carbonyl (C=O) groups is 2. The maximum atomic E-state index is 11.6. The molecule has 0 spiro atoms. The number of amides is 1. The highest BCUT2D eigenvalue weighted by molar-refractivity contribution is 7.98. The topological polar surface area (TPSA) is 92.4 Å². The van der Waals surface area contributed by atoms with Gasteiger partial charge in [0, 0.05) is 6.42 Å². The smallest absolute Gasteiger partial charge is 0.326 e. The summed E-state index contributed by atoms with van der Waals surface area (Å²) in [5.74, 6) is -0.0316. The molecule has 18 heavy (non-hydrogen) atoms. The third-order valence-corrected chi connectivity index (χ3v) is 3.41. The van der Waals surface area contributed by atoms with Crippen LogP contribution in [0.3, 0.4) is 0 Å². The average molecular weight is 276 g/mol. The molecule has 0 aliphatic carbocycles. The Kier molecular flexibility index (Phi) is 9.77. The number of hydrogen-bond donors (Lipinski definition) is 3. The minimum absolute atomic E-state index is 0.188. The molecular formula is C12H24N2O3S. The van der Waals surface area contributed by atoms with Gasteiger partial charge in [0.15, 0.2) is 0 Å². The number of nitrogens with one attached hydrogen (secondary N) is 1. The Labute approximate surface area is 113 Å². The largest absolute Gasteiger partial charge is 0.480 e. The van der Waals surface area contributed by atoms with Crippen LogP contribution in [0.1, 0.15) is 32.6 Å². The van der Waals surface area contributed by atoms with Gasteiger partial charge in [0.05, 0.1) is 0 Å². The molecule has 0 radical (unpaired) electrons. The van der Waals surface area contributed by atoms with E-state index < -0.39 is 12.0 Å². The zero-order chi connectivity index (χ0) is 14.0. The van der Waals surface area contributed by atoms with Crippen molar-refractivity contribution in [1.29, 1.82) is 0 Å². The molecule has 1 unspecified atom stereocenters. The maximum Gasteiger partial charge on any atom is 0.326 e. The SMILES string of the molecule is CSCC[C@H](NC(=O)CCC(C)CCN)C(=O)O. The van der Waals surface area contributed by atoms with Crippen molar-refractivity contribution in [3.8, 4) is 0 Å². The van der Waals surface area contributed by atoms with E-state index in [0.29, 0.717) is 25.3 Å². The Bertz CT molecular complexity index is 262. The Morgan fingerprint density at radius 2 is 2.00 bits per heavy atom. The summed E-state index contributed by atoms with van der Waals surface area (Å²) in [5, 5.41) is 11.5. The van der Waals surface area contributed by atoms with E-state index in [1.165, 1.54) is 0 Å². The quantitative estimate of drug-likeness (QED) is 0.555. The Hall–Kier alpha value is -0.750. The van der Waals surface area contributed by atoms with Gasteiger partial charge in [-0.2, -0.15) is 11.8 Å². The third-order valence-electron chi connectivity index (χ3n) is 2.77. The zero-order valence-electron chi connectivity index (χ0n) is 11.1. The van der Waals surface area contributed by atoms with Gasteiger partial charge in [-0.1, -0.05) is 6.92 Å². The maximum absolute atomic E-state index is 11.6. The first-order valence-corrected chi connectivity index (χ1v) is 7.61. The second-order valence-electron chi connectivity index (χ2n) is 4.46. The highest BCUT2D eigenvalue weighted by Crippen LogP contribution is 2.09. The van der Waals surface area contributed by atoms with E-state index in [2.05, 4.69) is 5.32 Å². The van der Waals surface area contributed by atoms with Crippen LogP contribution in [0, 0.1) is 5.92 Å². The van der Waals surface area contributed by atoms with Crippen LogP contribution >= 0.6 is 11.8 Å². The molecule has 2 atom stereocenters. The standard InChI is InChI=1S/C12H24N2O3S/c1-9(5-7-13)3-4-11(15)14-10(12(16)17)6-8-18-2/h9-10H,3-8,13H2,1-2H3,(H,14,15)(H,16,17)/t9?,10-/m0/s1. The van der Waals surface area contributed by atoms with Crippen LogP contribution in [-0.2, 0) is 9.59 Å². The molecule has 0 bridgehead atoms. The molecule has 4 N–H and O–H groups in total. The van der Waals surface area contributed by atoms with Gasteiger partial charge in [-0.15, -0.1) is 0 Å². The number of rotatable bonds is 10. The molecule has 0 aromatic heterocycles. The van der Waals surface area contributed by atoms with E-state index in [9.17, 15) is 9.59 Å². The van der Waals surface area contributed by atoms with Gasteiger partial charge in [0.2, 0.25) is 5.91 Å². The Morgan fingerprint density at radius 3 is 2.50 bits per heavy atom. The molecule has 0 aliphatic rings. The fraction of sp³-hybridized carbons (Fsp3) is 0.833. The lowest BCUT2D eigenvalue weighted by Crippen LogP contribution is -2.41. The normalized spacial score (nSPS) is 13.9. The van der Waals surface area contributed by atoms with Crippen molar-refractivity contribution in [2.45, 2.75) is 38.6 Å². The molecule has 0 aromatic rings. The number of carbonyl (C=O) groups excluding carboxylic acids is 1. The van der Waals surface area contributed by atoms with Crippen molar-refractivity contribution in [1.82, 2.24) is 5.32 Å². The van der Waals surface area contributed by atoms with E-state index in [1.807, 2.05) is 13.2 Å². The van der Waals surface area contributed by atoms with Crippen LogP contribution in [0.2, 0.25) is 0 Å². The molecule has 0 rings (SSSR count). The first-order valence-electron chi connectivity index (χ1n) is 6.22. The molecule has 0 saturated heterocycles. The van der Waals surface area contributed by atoms with Gasteiger partial charge < -0.3 is 16.2 Å². The molecule has 106 valence electrons. The second-order valence-corrected chi connectivity index (χ2v) is 5.45. The van der Waals surface area contributed by atoms with Crippen molar-refractivity contribution in [2.24, 2.45) is 11.7 Å². The lowest BCUT2D eigenvalue weighted by molar-refractivity contribution is -0.141. The minimum atomic E-state index is -0.965. The van der Waals surface area contributed by atoms with E-state index >= 15 is 0 Å². The Morgan fingerprint density at radius 1 is 1.33 bits per heavy atom. The van der Waals surface area contributed by atoms with Crippen molar-refractivity contribution >= 4 is 23.6 Å². The van der Waals surface area contributed by atoms with Crippen LogP contribution < -0.4 is 11.1 Å². The van der Waals surface area contributed by atoms with Crippen LogP contribution in [-0.4, -0.2) is 41.6 Å². The molecule has 0 saturated carbocycles. The van der Waals surface area contributed by atoms with Crippen LogP contribution in [0.4, 0.5) is 0 Å². The summed E-state index contributed by atoms with van der Waals surface area (Å²) >= 11 is 1.57. The van der Waals surface area contributed by atoms with Crippen molar-refractivity contribution in [3.63, 3.8) is 0 Å². The van der Waals surface area contributed by atoms with Crippen molar-refractivity contribution in [3.05, 3.63) is 0 Å². The first-order chi connectivity index (χ1) is 8.51. The summed E-state index contributed by atoms with van der Waals surface area (Å²) in [5.41, 5.74) is 5.43. The molecule has 0 aliphatic heterocycles. The van der Waals surface area contributed by atoms with Crippen LogP contribution in [0.5, 0.6) is 0 Å². The summed E-state index contributed by atoms with van der Waals surface area (Å²) in [6.45, 7) is 2.66. The van der Waals surface area contributed by atoms with E-state index in [1.54, 1.807) is 11.8 Å². The molecule has 0 heterocycles. The van der Waals surface area contributed by atoms with Gasteiger partial charge in [0.1, 0.15) is 6.04 Å². The van der Waals surface area contributed by atoms with Gasteiger partial charge in [-0.25, -0.2) is 4.79 Å². The van der Waals surface area contributed by atoms with Crippen LogP contribution in [0.25, 0.3) is 0 Å². The van der Waals surface area contributed by atoms with Gasteiger partial charge in [-0.3, -0.25) is 4.79 Å². The second kappa shape index (κ2) is 10.2. The number of hydrogen-bond acceptors (Lipinski definition) is 4. The average Bonchev–Trinajstić information content (AvgIpc) is 2.32. The number of nitrogens with two attached hydrogens (primary N) is 1. The molecule has 0 fully saturated rings. The predicted molar refractivity (Wildman–Crippen MR) is 74.6 cm³/mol. The van der Waals surface area contributed by atoms with Gasteiger partial charge >= 0.3 is 5.97 Å². The summed E-state index contributed by atoms with van der Waals surface area (Å²) < 4.78 is 0. The van der Waals surface area contributed by atoms with Crippen LogP contribution in [0.15, 0.2) is 0 Å². The summed E-state index contributed by atoms with van der Waals surface area (Å²) in [4.78, 5) is 22.6. The molecule has 6 heteroatoms. The molecule has 5 nitrogen and oxygen atoms in total. The summed E-state index contributed by atoms with van der Waals surface area (Å²) in [6, 6.07) is -0.769. The van der Waals surface area contributed by atoms with E-state index in [0.717, 1.165) is 18.6 Å². The summed E-state index contributed by atoms with van der Waals surface area (Å²) in [7, 11) is 0. The monoisotopic (exact) mass is 276 g/mol. The highest BCUT2D eigenvalue weighted by Gasteiger charge is 2.19. The lowest BCUT2D eigenvalue weighted by atomic mass is 10.0. The molecule has 0 aromatic carbocycles.